The molecule has 1 N–H and O–H groups in total. The molecule has 1 aliphatic carbocycles. The first-order chi connectivity index (χ1) is 10.4. The first kappa shape index (κ1) is 14.7. The smallest absolute Gasteiger partial charge is 0.139 e. The fourth-order valence-electron chi connectivity index (χ4n) is 3.19. The van der Waals surface area contributed by atoms with Gasteiger partial charge in [-0.25, -0.2) is 0 Å². The number of nitrogens with zero attached hydrogens (tertiary/aromatic N) is 2. The number of hydrogen-bond donors (Lipinski definition) is 1. The van der Waals surface area contributed by atoms with Gasteiger partial charge in [-0.15, -0.1) is 10.2 Å². The van der Waals surface area contributed by atoms with Crippen molar-refractivity contribution in [2.45, 2.75) is 44.6 Å². The maximum Gasteiger partial charge on any atom is 0.139 e. The lowest BCUT2D eigenvalue weighted by molar-refractivity contribution is 0.502. The van der Waals surface area contributed by atoms with Gasteiger partial charge in [-0.3, -0.25) is 0 Å². The molecule has 0 saturated heterocycles. The molecular formula is C17H23N3S. The van der Waals surface area contributed by atoms with Crippen LogP contribution < -0.4 is 5.32 Å². The minimum Gasteiger partial charge on any atom is -0.307 e. The van der Waals surface area contributed by atoms with Gasteiger partial charge in [-0.1, -0.05) is 67.4 Å². The van der Waals surface area contributed by atoms with Crippen LogP contribution in [0.25, 0.3) is 0 Å². The van der Waals surface area contributed by atoms with Crippen molar-refractivity contribution in [2.24, 2.45) is 5.92 Å². The zero-order valence-corrected chi connectivity index (χ0v) is 13.4. The Hall–Kier alpha value is -1.26. The van der Waals surface area contributed by atoms with Crippen LogP contribution in [0, 0.1) is 5.92 Å². The Morgan fingerprint density at radius 3 is 2.67 bits per heavy atom. The van der Waals surface area contributed by atoms with Crippen LogP contribution in [0.15, 0.2) is 30.3 Å². The van der Waals surface area contributed by atoms with E-state index in [4.69, 9.17) is 0 Å². The van der Waals surface area contributed by atoms with Crippen LogP contribution in [-0.2, 0) is 6.42 Å². The highest BCUT2D eigenvalue weighted by Gasteiger charge is 2.19. The Balaban J connectivity index is 1.65. The molecule has 1 saturated carbocycles. The topological polar surface area (TPSA) is 37.8 Å². The van der Waals surface area contributed by atoms with Crippen molar-refractivity contribution in [1.29, 1.82) is 0 Å². The van der Waals surface area contributed by atoms with Gasteiger partial charge >= 0.3 is 0 Å². The van der Waals surface area contributed by atoms with Crippen molar-refractivity contribution in [3.63, 3.8) is 0 Å². The SMILES string of the molecule is CNC(c1ccccc1)c1nnc(CCC2CCCC2)s1. The molecule has 1 aliphatic rings. The van der Waals surface area contributed by atoms with Gasteiger partial charge in [0.1, 0.15) is 10.0 Å². The van der Waals surface area contributed by atoms with Crippen LogP contribution in [0.1, 0.15) is 53.7 Å². The van der Waals surface area contributed by atoms with Crippen LogP contribution in [-0.4, -0.2) is 17.2 Å². The van der Waals surface area contributed by atoms with Crippen molar-refractivity contribution in [3.05, 3.63) is 45.9 Å². The summed E-state index contributed by atoms with van der Waals surface area (Å²) in [5.41, 5.74) is 1.25. The lowest BCUT2D eigenvalue weighted by Crippen LogP contribution is -2.17. The molecule has 112 valence electrons. The molecule has 1 aromatic heterocycles. The summed E-state index contributed by atoms with van der Waals surface area (Å²) in [6.45, 7) is 0. The van der Waals surface area contributed by atoms with Crippen LogP contribution in [0.2, 0.25) is 0 Å². The second-order valence-electron chi connectivity index (χ2n) is 5.86. The summed E-state index contributed by atoms with van der Waals surface area (Å²) in [5.74, 6) is 0.923. The zero-order valence-electron chi connectivity index (χ0n) is 12.6. The molecule has 3 rings (SSSR count). The van der Waals surface area contributed by atoms with E-state index in [0.717, 1.165) is 17.3 Å². The third-order valence-corrected chi connectivity index (χ3v) is 5.44. The van der Waals surface area contributed by atoms with E-state index in [0.29, 0.717) is 0 Å². The first-order valence-electron chi connectivity index (χ1n) is 7.91. The molecule has 0 bridgehead atoms. The summed E-state index contributed by atoms with van der Waals surface area (Å²) in [5, 5.41) is 14.4. The fraction of sp³-hybridized carbons (Fsp3) is 0.529. The number of nitrogens with one attached hydrogen (secondary N) is 1. The minimum absolute atomic E-state index is 0.156. The molecule has 1 unspecified atom stereocenters. The molecule has 0 amide bonds. The Labute approximate surface area is 130 Å². The molecule has 4 heteroatoms. The number of aryl methyl sites for hydroxylation is 1. The van der Waals surface area contributed by atoms with Crippen molar-refractivity contribution < 1.29 is 0 Å². The van der Waals surface area contributed by atoms with Gasteiger partial charge in [-0.05, 0) is 24.9 Å². The maximum atomic E-state index is 4.41. The second kappa shape index (κ2) is 7.14. The Morgan fingerprint density at radius 1 is 1.19 bits per heavy atom. The van der Waals surface area contributed by atoms with E-state index in [2.05, 4.69) is 39.8 Å². The predicted molar refractivity (Wildman–Crippen MR) is 87.5 cm³/mol. The number of benzene rings is 1. The fourth-order valence-corrected chi connectivity index (χ4v) is 4.19. The third kappa shape index (κ3) is 3.69. The van der Waals surface area contributed by atoms with Crippen molar-refractivity contribution >= 4 is 11.3 Å². The molecule has 21 heavy (non-hydrogen) atoms. The molecule has 1 heterocycles. The highest BCUT2D eigenvalue weighted by molar-refractivity contribution is 7.11. The van der Waals surface area contributed by atoms with E-state index >= 15 is 0 Å². The summed E-state index contributed by atoms with van der Waals surface area (Å²) >= 11 is 1.76. The molecular weight excluding hydrogens is 278 g/mol. The summed E-state index contributed by atoms with van der Waals surface area (Å²) in [6, 6.07) is 10.6. The summed E-state index contributed by atoms with van der Waals surface area (Å²) in [6.07, 6.45) is 8.03. The van der Waals surface area contributed by atoms with Gasteiger partial charge in [0, 0.05) is 6.42 Å². The molecule has 0 radical (unpaired) electrons. The van der Waals surface area contributed by atoms with E-state index < -0.39 is 0 Å². The van der Waals surface area contributed by atoms with Crippen molar-refractivity contribution in [3.8, 4) is 0 Å². The number of hydrogen-bond acceptors (Lipinski definition) is 4. The van der Waals surface area contributed by atoms with E-state index in [1.165, 1.54) is 42.7 Å². The number of rotatable bonds is 6. The highest BCUT2D eigenvalue weighted by atomic mass is 32.1. The Kier molecular flexibility index (Phi) is 4.99. The van der Waals surface area contributed by atoms with Crippen LogP contribution >= 0.6 is 11.3 Å². The van der Waals surface area contributed by atoms with Gasteiger partial charge in [0.25, 0.3) is 0 Å². The van der Waals surface area contributed by atoms with Gasteiger partial charge in [-0.2, -0.15) is 0 Å². The molecule has 0 spiro atoms. The summed E-state index contributed by atoms with van der Waals surface area (Å²) in [4.78, 5) is 0. The largest absolute Gasteiger partial charge is 0.307 e. The lowest BCUT2D eigenvalue weighted by Gasteiger charge is -2.12. The monoisotopic (exact) mass is 301 g/mol. The Morgan fingerprint density at radius 2 is 1.95 bits per heavy atom. The van der Waals surface area contributed by atoms with Crippen LogP contribution in [0.3, 0.4) is 0 Å². The van der Waals surface area contributed by atoms with Crippen molar-refractivity contribution in [2.75, 3.05) is 7.05 Å². The minimum atomic E-state index is 0.156. The van der Waals surface area contributed by atoms with Gasteiger partial charge in [0.15, 0.2) is 0 Å². The second-order valence-corrected chi connectivity index (χ2v) is 6.95. The van der Waals surface area contributed by atoms with Crippen molar-refractivity contribution in [1.82, 2.24) is 15.5 Å². The third-order valence-electron chi connectivity index (χ3n) is 4.39. The normalized spacial score (nSPS) is 17.2. The Bertz CT molecular complexity index is 546. The summed E-state index contributed by atoms with van der Waals surface area (Å²) in [7, 11) is 1.98. The van der Waals surface area contributed by atoms with E-state index in [9.17, 15) is 0 Å². The standard InChI is InChI=1S/C17H23N3S/c1-18-16(14-9-3-2-4-10-14)17-20-19-15(21-17)12-11-13-7-5-6-8-13/h2-4,9-10,13,16,18H,5-8,11-12H2,1H3. The molecule has 1 atom stereocenters. The van der Waals surface area contributed by atoms with Crippen LogP contribution in [0.4, 0.5) is 0 Å². The molecule has 0 aliphatic heterocycles. The number of aromatic nitrogens is 2. The molecule has 1 aromatic carbocycles. The maximum absolute atomic E-state index is 4.41. The van der Waals surface area contributed by atoms with E-state index in [-0.39, 0.29) is 6.04 Å². The van der Waals surface area contributed by atoms with Crippen LogP contribution in [0.5, 0.6) is 0 Å². The summed E-state index contributed by atoms with van der Waals surface area (Å²) < 4.78 is 0. The van der Waals surface area contributed by atoms with E-state index in [1.807, 2.05) is 13.1 Å². The molecule has 1 fully saturated rings. The quantitative estimate of drug-likeness (QED) is 0.877. The van der Waals surface area contributed by atoms with Gasteiger partial charge in [0.2, 0.25) is 0 Å². The average Bonchev–Trinajstić information content (AvgIpc) is 3.19. The highest BCUT2D eigenvalue weighted by Crippen LogP contribution is 2.30. The van der Waals surface area contributed by atoms with Gasteiger partial charge in [0.05, 0.1) is 6.04 Å². The molecule has 3 nitrogen and oxygen atoms in total. The van der Waals surface area contributed by atoms with Gasteiger partial charge < -0.3 is 5.32 Å². The molecule has 2 aromatic rings. The predicted octanol–water partition coefficient (Wildman–Crippen LogP) is 3.97. The zero-order chi connectivity index (χ0) is 14.5. The lowest BCUT2D eigenvalue weighted by atomic mass is 10.0. The average molecular weight is 301 g/mol. The van der Waals surface area contributed by atoms with E-state index in [1.54, 1.807) is 11.3 Å². The first-order valence-corrected chi connectivity index (χ1v) is 8.73.